The van der Waals surface area contributed by atoms with E-state index in [1.165, 1.54) is 30.3 Å². The number of aromatic amines is 1. The van der Waals surface area contributed by atoms with Crippen LogP contribution in [0.3, 0.4) is 0 Å². The van der Waals surface area contributed by atoms with Crippen molar-refractivity contribution < 1.29 is 22.7 Å². The summed E-state index contributed by atoms with van der Waals surface area (Å²) in [4.78, 5) is 12.5. The number of nitrogens with one attached hydrogen (secondary N) is 2. The first-order valence-corrected chi connectivity index (χ1v) is 9.16. The van der Waals surface area contributed by atoms with Gasteiger partial charge in [0, 0.05) is 17.8 Å². The quantitative estimate of drug-likeness (QED) is 0.460. The zero-order valence-corrected chi connectivity index (χ0v) is 15.9. The molecule has 2 aromatic heterocycles. The second kappa shape index (κ2) is 8.74. The van der Waals surface area contributed by atoms with Crippen molar-refractivity contribution in [3.63, 3.8) is 0 Å². The summed E-state index contributed by atoms with van der Waals surface area (Å²) in [6.07, 6.45) is 1.67. The van der Waals surface area contributed by atoms with E-state index in [2.05, 4.69) is 25.3 Å². The van der Waals surface area contributed by atoms with Crippen molar-refractivity contribution >= 4 is 11.7 Å². The highest BCUT2D eigenvalue weighted by Gasteiger charge is 2.13. The van der Waals surface area contributed by atoms with Crippen LogP contribution in [0.4, 0.5) is 19.0 Å². The summed E-state index contributed by atoms with van der Waals surface area (Å²) in [5.41, 5.74) is 2.02. The fourth-order valence-electron chi connectivity index (χ4n) is 2.92. The van der Waals surface area contributed by atoms with E-state index in [0.29, 0.717) is 23.6 Å². The van der Waals surface area contributed by atoms with Crippen LogP contribution in [0.15, 0.2) is 66.9 Å². The molecule has 0 aliphatic carbocycles. The average Bonchev–Trinajstić information content (AvgIpc) is 3.38. The number of H-pyrrole nitrogens is 1. The van der Waals surface area contributed by atoms with Crippen molar-refractivity contribution in [2.24, 2.45) is 0 Å². The molecule has 4 rings (SSSR count). The summed E-state index contributed by atoms with van der Waals surface area (Å²) in [7, 11) is 0. The van der Waals surface area contributed by atoms with Crippen LogP contribution in [0.5, 0.6) is 5.75 Å². The van der Waals surface area contributed by atoms with Crippen molar-refractivity contribution in [2.45, 2.75) is 13.2 Å². The molecule has 0 bridgehead atoms. The van der Waals surface area contributed by atoms with Crippen LogP contribution in [0.1, 0.15) is 16.1 Å². The van der Waals surface area contributed by atoms with E-state index in [1.807, 2.05) is 0 Å². The first-order chi connectivity index (χ1) is 15.0. The maximum Gasteiger partial charge on any atom is 0.387 e. The molecule has 0 spiro atoms. The van der Waals surface area contributed by atoms with E-state index < -0.39 is 12.5 Å². The van der Waals surface area contributed by atoms with E-state index >= 15 is 0 Å². The first kappa shape index (κ1) is 20.2. The van der Waals surface area contributed by atoms with Gasteiger partial charge < -0.3 is 10.1 Å². The highest BCUT2D eigenvalue weighted by molar-refractivity contribution is 6.02. The van der Waals surface area contributed by atoms with Crippen LogP contribution >= 0.6 is 0 Å². The number of alkyl halides is 2. The molecule has 2 aromatic carbocycles. The summed E-state index contributed by atoms with van der Waals surface area (Å²) in [6.45, 7) is -2.54. The molecular formula is C21H16F3N5O2. The summed E-state index contributed by atoms with van der Waals surface area (Å²) in [5.74, 6) is -0.427. The van der Waals surface area contributed by atoms with Gasteiger partial charge in [-0.3, -0.25) is 14.6 Å². The zero-order chi connectivity index (χ0) is 21.8. The number of aromatic nitrogens is 4. The van der Waals surface area contributed by atoms with E-state index in [-0.39, 0.29) is 17.3 Å². The van der Waals surface area contributed by atoms with E-state index in [9.17, 15) is 18.0 Å². The van der Waals surface area contributed by atoms with Gasteiger partial charge in [-0.05, 0) is 48.0 Å². The van der Waals surface area contributed by atoms with Gasteiger partial charge in [0.25, 0.3) is 5.91 Å². The van der Waals surface area contributed by atoms with E-state index in [4.69, 9.17) is 0 Å². The molecule has 31 heavy (non-hydrogen) atoms. The Hall–Kier alpha value is -4.08. The number of halogens is 3. The van der Waals surface area contributed by atoms with Crippen LogP contribution in [-0.4, -0.2) is 32.5 Å². The van der Waals surface area contributed by atoms with Gasteiger partial charge in [-0.15, -0.1) is 0 Å². The summed E-state index contributed by atoms with van der Waals surface area (Å²) < 4.78 is 43.7. The molecule has 0 radical (unpaired) electrons. The lowest BCUT2D eigenvalue weighted by molar-refractivity contribution is -0.0498. The minimum atomic E-state index is -2.90. The molecule has 0 aliphatic heterocycles. The molecule has 0 saturated heterocycles. The molecule has 158 valence electrons. The third kappa shape index (κ3) is 5.10. The van der Waals surface area contributed by atoms with Crippen LogP contribution in [0, 0.1) is 5.82 Å². The lowest BCUT2D eigenvalue weighted by atomic mass is 10.1. The second-order valence-electron chi connectivity index (χ2n) is 6.55. The number of rotatable bonds is 7. The number of benzene rings is 2. The Morgan fingerprint density at radius 2 is 1.94 bits per heavy atom. The maximum absolute atomic E-state index is 13.3. The Labute approximate surface area is 174 Å². The summed E-state index contributed by atoms with van der Waals surface area (Å²) >= 11 is 0. The molecule has 7 nitrogen and oxygen atoms in total. The third-order valence-electron chi connectivity index (χ3n) is 4.31. The largest absolute Gasteiger partial charge is 0.435 e. The number of ether oxygens (including phenoxy) is 1. The fraction of sp³-hybridized carbons (Fsp3) is 0.0952. The number of anilines is 1. The van der Waals surface area contributed by atoms with E-state index in [1.54, 1.807) is 41.2 Å². The minimum Gasteiger partial charge on any atom is -0.435 e. The number of carbonyl (C=O) groups excluding carboxylic acids is 1. The number of hydrogen-bond acceptors (Lipinski definition) is 4. The van der Waals surface area contributed by atoms with E-state index in [0.717, 1.165) is 5.56 Å². The van der Waals surface area contributed by atoms with Crippen molar-refractivity contribution in [1.29, 1.82) is 0 Å². The van der Waals surface area contributed by atoms with Gasteiger partial charge in [0.05, 0.1) is 12.2 Å². The summed E-state index contributed by atoms with van der Waals surface area (Å²) in [6, 6.07) is 15.2. The number of nitrogens with zero attached hydrogens (tertiary/aromatic N) is 3. The topological polar surface area (TPSA) is 84.8 Å². The van der Waals surface area contributed by atoms with Crippen molar-refractivity contribution in [2.75, 3.05) is 5.32 Å². The normalized spacial score (nSPS) is 11.0. The van der Waals surface area contributed by atoms with Gasteiger partial charge in [-0.2, -0.15) is 19.0 Å². The van der Waals surface area contributed by atoms with Gasteiger partial charge in [0.1, 0.15) is 17.3 Å². The number of carbonyl (C=O) groups is 1. The first-order valence-electron chi connectivity index (χ1n) is 9.16. The Morgan fingerprint density at radius 3 is 2.68 bits per heavy atom. The van der Waals surface area contributed by atoms with Crippen molar-refractivity contribution in [1.82, 2.24) is 20.0 Å². The minimum absolute atomic E-state index is 0.0288. The van der Waals surface area contributed by atoms with Gasteiger partial charge in [-0.1, -0.05) is 12.1 Å². The molecule has 10 heteroatoms. The Bertz CT molecular complexity index is 1190. The van der Waals surface area contributed by atoms with Crippen molar-refractivity contribution in [3.8, 4) is 17.0 Å². The fourth-order valence-corrected chi connectivity index (χ4v) is 2.92. The van der Waals surface area contributed by atoms with Crippen LogP contribution in [0.25, 0.3) is 11.3 Å². The SMILES string of the molecule is O=C(Nc1ccn(Cc2cccc(F)c2)n1)c1cc(-c2ccc(OC(F)F)cc2)n[nH]1. The third-order valence-corrected chi connectivity index (χ3v) is 4.31. The lowest BCUT2D eigenvalue weighted by Crippen LogP contribution is -2.13. The molecule has 0 atom stereocenters. The highest BCUT2D eigenvalue weighted by Crippen LogP contribution is 2.22. The smallest absolute Gasteiger partial charge is 0.387 e. The average molecular weight is 427 g/mol. The molecule has 4 aromatic rings. The molecule has 2 heterocycles. The standard InChI is InChI=1S/C21H16F3N5O2/c22-15-3-1-2-13(10-15)12-29-9-8-19(28-29)25-20(30)18-11-17(26-27-18)14-4-6-16(7-5-14)31-21(23)24/h1-11,21H,12H2,(H,26,27)(H,25,28,30). The highest BCUT2D eigenvalue weighted by atomic mass is 19.3. The summed E-state index contributed by atoms with van der Waals surface area (Å²) in [5, 5.41) is 13.6. The number of hydrogen-bond donors (Lipinski definition) is 2. The van der Waals surface area contributed by atoms with Crippen LogP contribution in [0.2, 0.25) is 0 Å². The van der Waals surface area contributed by atoms with Gasteiger partial charge >= 0.3 is 6.61 Å². The molecule has 0 unspecified atom stereocenters. The maximum atomic E-state index is 13.3. The molecular weight excluding hydrogens is 411 g/mol. The molecule has 0 fully saturated rings. The Kier molecular flexibility index (Phi) is 5.69. The zero-order valence-electron chi connectivity index (χ0n) is 15.9. The molecule has 2 N–H and O–H groups in total. The molecule has 0 saturated carbocycles. The predicted molar refractivity (Wildman–Crippen MR) is 106 cm³/mol. The van der Waals surface area contributed by atoms with Gasteiger partial charge in [-0.25, -0.2) is 4.39 Å². The second-order valence-corrected chi connectivity index (χ2v) is 6.55. The predicted octanol–water partition coefficient (Wildman–Crippen LogP) is 4.31. The number of amides is 1. The Morgan fingerprint density at radius 1 is 1.13 bits per heavy atom. The van der Waals surface area contributed by atoms with Crippen LogP contribution < -0.4 is 10.1 Å². The van der Waals surface area contributed by atoms with Crippen LogP contribution in [-0.2, 0) is 6.54 Å². The lowest BCUT2D eigenvalue weighted by Gasteiger charge is -2.04. The monoisotopic (exact) mass is 427 g/mol. The molecule has 0 aliphatic rings. The Balaban J connectivity index is 1.40. The van der Waals surface area contributed by atoms with Gasteiger partial charge in [0.15, 0.2) is 5.82 Å². The van der Waals surface area contributed by atoms with Gasteiger partial charge in [0.2, 0.25) is 0 Å². The van der Waals surface area contributed by atoms with Crippen molar-refractivity contribution in [3.05, 3.63) is 83.9 Å². The molecule has 1 amide bonds.